The van der Waals surface area contributed by atoms with Crippen molar-refractivity contribution in [3.8, 4) is 11.5 Å². The quantitative estimate of drug-likeness (QED) is 0.516. The molecule has 5 rings (SSSR count). The van der Waals surface area contributed by atoms with Crippen molar-refractivity contribution in [2.75, 3.05) is 26.7 Å². The molecule has 0 unspecified atom stereocenters. The number of benzene rings is 2. The molecule has 2 aliphatic heterocycles. The molecule has 0 spiro atoms. The second-order valence-electron chi connectivity index (χ2n) is 9.59. The van der Waals surface area contributed by atoms with Gasteiger partial charge in [-0.3, -0.25) is 9.59 Å². The minimum atomic E-state index is -0.634. The molecule has 7 heteroatoms. The maximum atomic E-state index is 13.4. The molecule has 0 N–H and O–H groups in total. The average Bonchev–Trinajstić information content (AvgIpc) is 3.36. The fraction of sp³-hybridized carbons (Fsp3) is 0.379. The van der Waals surface area contributed by atoms with E-state index < -0.39 is 6.10 Å². The van der Waals surface area contributed by atoms with Gasteiger partial charge in [-0.25, -0.2) is 0 Å². The Balaban J connectivity index is 1.27. The van der Waals surface area contributed by atoms with Gasteiger partial charge in [0.1, 0.15) is 12.4 Å². The van der Waals surface area contributed by atoms with Crippen LogP contribution in [0.4, 0.5) is 0 Å². The number of carbonyl (C=O) groups excluding carboxylic acids is 2. The zero-order valence-corrected chi connectivity index (χ0v) is 20.8. The van der Waals surface area contributed by atoms with E-state index in [1.165, 1.54) is 5.56 Å². The molecule has 0 aliphatic carbocycles. The highest BCUT2D eigenvalue weighted by molar-refractivity contribution is 5.95. The van der Waals surface area contributed by atoms with Gasteiger partial charge in [-0.2, -0.15) is 0 Å². The third-order valence-electron chi connectivity index (χ3n) is 7.37. The molecular weight excluding hydrogens is 456 g/mol. The highest BCUT2D eigenvalue weighted by Crippen LogP contribution is 2.33. The van der Waals surface area contributed by atoms with Crippen LogP contribution in [-0.4, -0.2) is 60.5 Å². The van der Waals surface area contributed by atoms with Gasteiger partial charge in [-0.05, 0) is 55.9 Å². The van der Waals surface area contributed by atoms with E-state index in [4.69, 9.17) is 13.9 Å². The first-order valence-electron chi connectivity index (χ1n) is 12.5. The zero-order valence-electron chi connectivity index (χ0n) is 20.8. The van der Waals surface area contributed by atoms with Gasteiger partial charge in [-0.1, -0.05) is 42.5 Å². The molecule has 7 nitrogen and oxygen atoms in total. The molecule has 188 valence electrons. The van der Waals surface area contributed by atoms with E-state index in [1.54, 1.807) is 12.3 Å². The monoisotopic (exact) mass is 488 g/mol. The summed E-state index contributed by atoms with van der Waals surface area (Å²) in [5, 5.41) is 0. The minimum absolute atomic E-state index is 0.00703. The number of ether oxygens (including phenoxy) is 2. The summed E-state index contributed by atoms with van der Waals surface area (Å²) in [6.07, 6.45) is 3.31. The predicted octanol–water partition coefficient (Wildman–Crippen LogP) is 4.35. The number of piperidine rings is 1. The first kappa shape index (κ1) is 24.0. The van der Waals surface area contributed by atoms with Crippen molar-refractivity contribution in [2.45, 2.75) is 38.3 Å². The Morgan fingerprint density at radius 2 is 1.69 bits per heavy atom. The smallest absolute Gasteiger partial charge is 0.267 e. The number of nitrogens with zero attached hydrogens (tertiary/aromatic N) is 2. The molecule has 2 atom stereocenters. The van der Waals surface area contributed by atoms with Crippen molar-refractivity contribution < 1.29 is 23.5 Å². The number of aryl methyl sites for hydroxylation is 1. The van der Waals surface area contributed by atoms with Gasteiger partial charge < -0.3 is 23.7 Å². The minimum Gasteiger partial charge on any atom is -0.485 e. The maximum Gasteiger partial charge on any atom is 0.267 e. The number of para-hydroxylation sites is 2. The molecule has 1 aromatic heterocycles. The number of likely N-dealkylation sites (N-methyl/N-ethyl adjacent to an activating group) is 1. The van der Waals surface area contributed by atoms with Crippen LogP contribution in [-0.2, 0) is 11.2 Å². The average molecular weight is 489 g/mol. The summed E-state index contributed by atoms with van der Waals surface area (Å²) in [7, 11) is 1.88. The Morgan fingerprint density at radius 3 is 2.39 bits per heavy atom. The molecule has 2 amide bonds. The largest absolute Gasteiger partial charge is 0.485 e. The Labute approximate surface area is 211 Å². The molecule has 1 saturated heterocycles. The summed E-state index contributed by atoms with van der Waals surface area (Å²) < 4.78 is 17.1. The second kappa shape index (κ2) is 10.5. The lowest BCUT2D eigenvalue weighted by molar-refractivity contribution is -0.142. The summed E-state index contributed by atoms with van der Waals surface area (Å²) in [6.45, 7) is 3.28. The Hall–Kier alpha value is -3.74. The van der Waals surface area contributed by atoms with E-state index in [-0.39, 0.29) is 30.4 Å². The van der Waals surface area contributed by atoms with Gasteiger partial charge >= 0.3 is 0 Å². The molecule has 0 bridgehead atoms. The number of hydrogen-bond acceptors (Lipinski definition) is 5. The van der Waals surface area contributed by atoms with Gasteiger partial charge in [0.2, 0.25) is 6.10 Å². The van der Waals surface area contributed by atoms with Crippen LogP contribution in [0.25, 0.3) is 0 Å². The van der Waals surface area contributed by atoms with Crippen LogP contribution in [0.3, 0.4) is 0 Å². The number of likely N-dealkylation sites (tertiary alicyclic amines) is 1. The molecule has 1 fully saturated rings. The first-order chi connectivity index (χ1) is 17.5. The first-order valence-corrected chi connectivity index (χ1v) is 12.5. The summed E-state index contributed by atoms with van der Waals surface area (Å²) >= 11 is 0. The Bertz CT molecular complexity index is 1200. The van der Waals surface area contributed by atoms with Crippen LogP contribution in [0.1, 0.15) is 34.5 Å². The lowest BCUT2D eigenvalue weighted by atomic mass is 9.84. The highest BCUT2D eigenvalue weighted by Gasteiger charge is 2.37. The zero-order chi connectivity index (χ0) is 25.1. The number of carbonyl (C=O) groups is 2. The molecule has 2 aromatic carbocycles. The van der Waals surface area contributed by atoms with Gasteiger partial charge in [0.05, 0.1) is 11.8 Å². The van der Waals surface area contributed by atoms with Crippen LogP contribution < -0.4 is 9.47 Å². The van der Waals surface area contributed by atoms with Crippen LogP contribution in [0.2, 0.25) is 0 Å². The lowest BCUT2D eigenvalue weighted by Gasteiger charge is -2.41. The van der Waals surface area contributed by atoms with Crippen LogP contribution in [0.15, 0.2) is 71.3 Å². The number of hydrogen-bond donors (Lipinski definition) is 0. The highest BCUT2D eigenvalue weighted by atomic mass is 16.6. The Kier molecular flexibility index (Phi) is 6.98. The van der Waals surface area contributed by atoms with Crippen LogP contribution in [0.5, 0.6) is 11.5 Å². The van der Waals surface area contributed by atoms with E-state index in [2.05, 4.69) is 12.1 Å². The standard InChI is InChI=1S/C29H32N2O5/c1-20-23(14-17-34-20)28(32)30(2)24(18-21-8-4-3-5-9-21)22-12-15-31(16-13-22)29(33)27-19-35-25-10-6-7-11-26(25)36-27/h3-11,14,17,22,24,27H,12-13,15-16,18-19H2,1-2H3/t24-,27+/m0/s1. The van der Waals surface area contributed by atoms with Crippen LogP contribution >= 0.6 is 0 Å². The summed E-state index contributed by atoms with van der Waals surface area (Å²) in [5.74, 6) is 2.09. The summed E-state index contributed by atoms with van der Waals surface area (Å²) in [6, 6.07) is 19.4. The molecule has 0 radical (unpaired) electrons. The molecular formula is C29H32N2O5. The van der Waals surface area contributed by atoms with E-state index >= 15 is 0 Å². The third kappa shape index (κ3) is 4.96. The van der Waals surface area contributed by atoms with E-state index in [0.717, 1.165) is 19.3 Å². The Morgan fingerprint density at radius 1 is 1.00 bits per heavy atom. The summed E-state index contributed by atoms with van der Waals surface area (Å²) in [5.41, 5.74) is 1.79. The number of fused-ring (bicyclic) bond motifs is 1. The number of amides is 2. The molecule has 0 saturated carbocycles. The molecule has 2 aliphatic rings. The van der Waals surface area contributed by atoms with Gasteiger partial charge in [-0.15, -0.1) is 0 Å². The third-order valence-corrected chi connectivity index (χ3v) is 7.37. The van der Waals surface area contributed by atoms with Crippen molar-refractivity contribution in [3.63, 3.8) is 0 Å². The topological polar surface area (TPSA) is 72.2 Å². The van der Waals surface area contributed by atoms with Crippen molar-refractivity contribution in [3.05, 3.63) is 83.8 Å². The van der Waals surface area contributed by atoms with E-state index in [1.807, 2.05) is 66.2 Å². The predicted molar refractivity (Wildman–Crippen MR) is 135 cm³/mol. The van der Waals surface area contributed by atoms with Crippen molar-refractivity contribution in [1.82, 2.24) is 9.80 Å². The fourth-order valence-electron chi connectivity index (χ4n) is 5.27. The van der Waals surface area contributed by atoms with E-state index in [0.29, 0.717) is 35.9 Å². The van der Waals surface area contributed by atoms with Gasteiger partial charge in [0.25, 0.3) is 11.8 Å². The summed E-state index contributed by atoms with van der Waals surface area (Å²) in [4.78, 5) is 30.3. The molecule has 3 aromatic rings. The van der Waals surface area contributed by atoms with E-state index in [9.17, 15) is 9.59 Å². The number of rotatable bonds is 6. The fourth-order valence-corrected chi connectivity index (χ4v) is 5.27. The van der Waals surface area contributed by atoms with Gasteiger partial charge in [0, 0.05) is 26.2 Å². The lowest BCUT2D eigenvalue weighted by Crippen LogP contribution is -2.52. The normalized spacial score (nSPS) is 18.5. The number of furan rings is 1. The SMILES string of the molecule is Cc1occc1C(=O)N(C)[C@@H](Cc1ccccc1)C1CCN(C(=O)[C@H]2COc3ccccc3O2)CC1. The molecule has 36 heavy (non-hydrogen) atoms. The second-order valence-corrected chi connectivity index (χ2v) is 9.59. The van der Waals surface area contributed by atoms with Gasteiger partial charge in [0.15, 0.2) is 11.5 Å². The van der Waals surface area contributed by atoms with Crippen molar-refractivity contribution >= 4 is 11.8 Å². The van der Waals surface area contributed by atoms with Crippen LogP contribution in [0, 0.1) is 12.8 Å². The maximum absolute atomic E-state index is 13.4. The van der Waals surface area contributed by atoms with Crippen molar-refractivity contribution in [1.29, 1.82) is 0 Å². The molecule has 3 heterocycles. The van der Waals surface area contributed by atoms with Crippen molar-refractivity contribution in [2.24, 2.45) is 5.92 Å².